The molecule has 0 aliphatic carbocycles. The minimum Gasteiger partial charge on any atom is -0.424 e. The van der Waals surface area contributed by atoms with Crippen molar-refractivity contribution in [3.05, 3.63) is 72.2 Å². The highest BCUT2D eigenvalue weighted by molar-refractivity contribution is 7.19. The summed E-state index contributed by atoms with van der Waals surface area (Å²) in [5, 5.41) is 15.2. The van der Waals surface area contributed by atoms with Gasteiger partial charge in [0.2, 0.25) is 5.91 Å². The van der Waals surface area contributed by atoms with Gasteiger partial charge in [-0.1, -0.05) is 17.4 Å². The van der Waals surface area contributed by atoms with Crippen LogP contribution in [0.25, 0.3) is 10.4 Å². The van der Waals surface area contributed by atoms with E-state index in [-0.39, 0.29) is 29.7 Å². The van der Waals surface area contributed by atoms with E-state index in [2.05, 4.69) is 25.6 Å². The third-order valence-electron chi connectivity index (χ3n) is 6.23. The average Bonchev–Trinajstić information content (AvgIpc) is 3.59. The summed E-state index contributed by atoms with van der Waals surface area (Å²) in [6.45, 7) is 2.17. The Morgan fingerprint density at radius 1 is 1.10 bits per heavy atom. The van der Waals surface area contributed by atoms with Crippen molar-refractivity contribution >= 4 is 39.8 Å². The second kappa shape index (κ2) is 12.1. The van der Waals surface area contributed by atoms with Gasteiger partial charge in [0, 0.05) is 31.3 Å². The minimum absolute atomic E-state index is 0.0124. The number of alkyl halides is 3. The summed E-state index contributed by atoms with van der Waals surface area (Å²) in [4.78, 5) is 39.6. The number of amides is 3. The van der Waals surface area contributed by atoms with Crippen molar-refractivity contribution in [3.8, 4) is 22.2 Å². The maximum atomic E-state index is 13.2. The Bertz CT molecular complexity index is 1580. The first-order valence-corrected chi connectivity index (χ1v) is 13.7. The van der Waals surface area contributed by atoms with Gasteiger partial charge in [-0.3, -0.25) is 9.69 Å². The fourth-order valence-electron chi connectivity index (χ4n) is 4.25. The van der Waals surface area contributed by atoms with Crippen LogP contribution in [0.4, 0.5) is 34.5 Å². The second-order valence-electron chi connectivity index (χ2n) is 9.54. The molecule has 218 valence electrons. The van der Waals surface area contributed by atoms with Crippen LogP contribution in [0.2, 0.25) is 0 Å². The molecular formula is C28H25F3N6O4S. The molecule has 0 radical (unpaired) electrons. The predicted molar refractivity (Wildman–Crippen MR) is 151 cm³/mol. The third kappa shape index (κ3) is 7.01. The topological polar surface area (TPSA) is 130 Å². The number of carbonyl (C=O) groups excluding carboxylic acids is 2. The highest BCUT2D eigenvalue weighted by Gasteiger charge is 2.31. The number of anilines is 3. The molecule has 2 aromatic heterocycles. The number of urea groups is 1. The first kappa shape index (κ1) is 29.0. The van der Waals surface area contributed by atoms with Crippen LogP contribution in [0.5, 0.6) is 11.8 Å². The molecule has 42 heavy (non-hydrogen) atoms. The van der Waals surface area contributed by atoms with Gasteiger partial charge in [0.25, 0.3) is 0 Å². The third-order valence-corrected chi connectivity index (χ3v) is 7.30. The molecule has 1 aliphatic rings. The molecule has 4 aromatic rings. The summed E-state index contributed by atoms with van der Waals surface area (Å²) in [7, 11) is 0. The van der Waals surface area contributed by atoms with E-state index in [9.17, 15) is 27.9 Å². The maximum absolute atomic E-state index is 13.2. The van der Waals surface area contributed by atoms with Gasteiger partial charge in [-0.2, -0.15) is 13.2 Å². The molecule has 10 nitrogen and oxygen atoms in total. The molecule has 1 unspecified atom stereocenters. The van der Waals surface area contributed by atoms with Gasteiger partial charge >= 0.3 is 18.2 Å². The molecule has 0 bridgehead atoms. The Labute approximate surface area is 242 Å². The van der Waals surface area contributed by atoms with Gasteiger partial charge in [0.1, 0.15) is 5.75 Å². The lowest BCUT2D eigenvalue weighted by Crippen LogP contribution is -2.23. The Balaban J connectivity index is 1.19. The van der Waals surface area contributed by atoms with Crippen LogP contribution in [0.1, 0.15) is 30.9 Å². The van der Waals surface area contributed by atoms with Crippen LogP contribution >= 0.6 is 11.3 Å². The van der Waals surface area contributed by atoms with E-state index < -0.39 is 23.9 Å². The normalized spacial score (nSPS) is 14.1. The zero-order valence-electron chi connectivity index (χ0n) is 22.2. The molecule has 0 spiro atoms. The van der Waals surface area contributed by atoms with Crippen LogP contribution in [0.3, 0.4) is 0 Å². The van der Waals surface area contributed by atoms with Gasteiger partial charge in [0.05, 0.1) is 34.6 Å². The number of aromatic nitrogens is 3. The molecule has 3 amide bonds. The zero-order valence-corrected chi connectivity index (χ0v) is 23.0. The van der Waals surface area contributed by atoms with Crippen LogP contribution in [-0.2, 0) is 17.4 Å². The average molecular weight is 599 g/mol. The number of nitrogens with zero attached hydrogens (tertiary/aromatic N) is 4. The number of halogens is 3. The van der Waals surface area contributed by atoms with Gasteiger partial charge in [-0.15, -0.1) is 0 Å². The minimum atomic E-state index is -4.60. The van der Waals surface area contributed by atoms with Crippen molar-refractivity contribution in [1.82, 2.24) is 15.0 Å². The fraction of sp³-hybridized carbons (Fsp3) is 0.250. The smallest absolute Gasteiger partial charge is 0.416 e. The molecule has 1 aliphatic heterocycles. The summed E-state index contributed by atoms with van der Waals surface area (Å²) in [5.41, 5.74) is 0.419. The van der Waals surface area contributed by atoms with Crippen molar-refractivity contribution in [2.24, 2.45) is 0 Å². The molecular weight excluding hydrogens is 573 g/mol. The number of carbonyl (C=O) groups is 2. The first-order chi connectivity index (χ1) is 20.0. The predicted octanol–water partition coefficient (Wildman–Crippen LogP) is 6.11. The molecule has 3 N–H and O–H groups in total. The summed E-state index contributed by atoms with van der Waals surface area (Å²) in [6.07, 6.45) is 0.308. The molecule has 0 saturated carbocycles. The standard InChI is InChI=1S/C28H25F3N6O4S/c1-16(38)11-18-4-7-19(28(29,30)31)12-22(18)36-25(40)35-20-13-32-26(33-14-20)41-21-8-5-17(6-9-21)23-15-34-27(42-23)37-10-2-3-24(37)39/h4-9,12-16,38H,2-3,10-11H2,1H3,(H2,35,36,40). The van der Waals surface area contributed by atoms with Gasteiger partial charge < -0.3 is 20.5 Å². The number of aliphatic hydroxyl groups is 1. The molecule has 1 saturated heterocycles. The molecule has 3 heterocycles. The monoisotopic (exact) mass is 598 g/mol. The van der Waals surface area contributed by atoms with Crippen molar-refractivity contribution in [3.63, 3.8) is 0 Å². The van der Waals surface area contributed by atoms with E-state index in [1.165, 1.54) is 36.7 Å². The van der Waals surface area contributed by atoms with Gasteiger partial charge in [0.15, 0.2) is 5.13 Å². The Hall–Kier alpha value is -4.56. The summed E-state index contributed by atoms with van der Waals surface area (Å²) in [6, 6.07) is 9.30. The summed E-state index contributed by atoms with van der Waals surface area (Å²) >= 11 is 1.44. The van der Waals surface area contributed by atoms with E-state index in [1.54, 1.807) is 23.2 Å². The van der Waals surface area contributed by atoms with Crippen LogP contribution in [0.15, 0.2) is 61.1 Å². The zero-order chi connectivity index (χ0) is 29.9. The van der Waals surface area contributed by atoms with E-state index in [1.807, 2.05) is 12.1 Å². The Kier molecular flexibility index (Phi) is 8.36. The van der Waals surface area contributed by atoms with E-state index >= 15 is 0 Å². The molecule has 2 aromatic carbocycles. The molecule has 1 fully saturated rings. The fourth-order valence-corrected chi connectivity index (χ4v) is 5.21. The van der Waals surface area contributed by atoms with Crippen molar-refractivity contribution in [2.75, 3.05) is 22.1 Å². The lowest BCUT2D eigenvalue weighted by atomic mass is 10.0. The van der Waals surface area contributed by atoms with Gasteiger partial charge in [-0.05, 0) is 60.9 Å². The van der Waals surface area contributed by atoms with Crippen molar-refractivity contribution < 1.29 is 32.6 Å². The number of rotatable bonds is 8. The summed E-state index contributed by atoms with van der Waals surface area (Å²) in [5.74, 6) is 0.547. The first-order valence-electron chi connectivity index (χ1n) is 12.9. The number of ether oxygens (including phenoxy) is 1. The second-order valence-corrected chi connectivity index (χ2v) is 10.5. The summed E-state index contributed by atoms with van der Waals surface area (Å²) < 4.78 is 45.2. The number of aliphatic hydroxyl groups excluding tert-OH is 1. The Morgan fingerprint density at radius 3 is 2.48 bits per heavy atom. The number of thiazole rings is 1. The number of nitrogens with one attached hydrogen (secondary N) is 2. The van der Waals surface area contributed by atoms with Crippen molar-refractivity contribution in [1.29, 1.82) is 0 Å². The quantitative estimate of drug-likeness (QED) is 0.223. The van der Waals surface area contributed by atoms with E-state index in [4.69, 9.17) is 4.74 Å². The van der Waals surface area contributed by atoms with Crippen LogP contribution < -0.4 is 20.3 Å². The van der Waals surface area contributed by atoms with Crippen LogP contribution in [0, 0.1) is 0 Å². The highest BCUT2D eigenvalue weighted by Crippen LogP contribution is 2.35. The SMILES string of the molecule is CC(O)Cc1ccc(C(F)(F)F)cc1NC(=O)Nc1cnc(Oc2ccc(-c3cnc(N4CCCC4=O)s3)cc2)nc1. The molecule has 5 rings (SSSR count). The largest absolute Gasteiger partial charge is 0.424 e. The van der Waals surface area contributed by atoms with Crippen LogP contribution in [-0.4, -0.2) is 44.6 Å². The highest BCUT2D eigenvalue weighted by atomic mass is 32.1. The van der Waals surface area contributed by atoms with Gasteiger partial charge in [-0.25, -0.2) is 19.7 Å². The number of benzene rings is 2. The lowest BCUT2D eigenvalue weighted by molar-refractivity contribution is -0.137. The number of hydrogen-bond donors (Lipinski definition) is 3. The molecule has 14 heteroatoms. The Morgan fingerprint density at radius 2 is 1.83 bits per heavy atom. The lowest BCUT2D eigenvalue weighted by Gasteiger charge is -2.16. The van der Waals surface area contributed by atoms with E-state index in [0.717, 1.165) is 29.0 Å². The molecule has 1 atom stereocenters. The van der Waals surface area contributed by atoms with Crippen molar-refractivity contribution in [2.45, 2.75) is 38.5 Å². The number of hydrogen-bond acceptors (Lipinski definition) is 8. The van der Waals surface area contributed by atoms with E-state index in [0.29, 0.717) is 29.4 Å². The maximum Gasteiger partial charge on any atom is 0.416 e.